The lowest BCUT2D eigenvalue weighted by Crippen LogP contribution is -2.44. The summed E-state index contributed by atoms with van der Waals surface area (Å²) in [4.78, 5) is 25.8. The first-order valence-electron chi connectivity index (χ1n) is 8.41. The summed E-state index contributed by atoms with van der Waals surface area (Å²) in [6.45, 7) is 6.35. The van der Waals surface area contributed by atoms with Gasteiger partial charge in [-0.2, -0.15) is 0 Å². The van der Waals surface area contributed by atoms with Gasteiger partial charge >= 0.3 is 5.97 Å². The smallest absolute Gasteiger partial charge is 0.308 e. The quantitative estimate of drug-likeness (QED) is 0.875. The number of amides is 1. The summed E-state index contributed by atoms with van der Waals surface area (Å²) in [6, 6.07) is 10.1. The van der Waals surface area contributed by atoms with Crippen LogP contribution < -0.4 is 0 Å². The second-order valence-corrected chi connectivity index (χ2v) is 7.20. The molecule has 126 valence electrons. The van der Waals surface area contributed by atoms with Gasteiger partial charge in [0.1, 0.15) is 0 Å². The fourth-order valence-corrected chi connectivity index (χ4v) is 3.43. The molecule has 1 saturated heterocycles. The van der Waals surface area contributed by atoms with E-state index in [-0.39, 0.29) is 11.9 Å². The monoisotopic (exact) mass is 317 g/mol. The van der Waals surface area contributed by atoms with Crippen LogP contribution in [0.1, 0.15) is 45.6 Å². The molecule has 1 aromatic carbocycles. The van der Waals surface area contributed by atoms with Gasteiger partial charge in [0.15, 0.2) is 0 Å². The van der Waals surface area contributed by atoms with Crippen LogP contribution in [0.2, 0.25) is 0 Å². The predicted octanol–water partition coefficient (Wildman–Crippen LogP) is 3.36. The number of hydrogen-bond donors (Lipinski definition) is 1. The number of rotatable bonds is 6. The molecule has 1 aromatic rings. The number of carbonyl (C=O) groups is 2. The van der Waals surface area contributed by atoms with Crippen molar-refractivity contribution in [3.05, 3.63) is 35.9 Å². The summed E-state index contributed by atoms with van der Waals surface area (Å²) < 4.78 is 0. The van der Waals surface area contributed by atoms with Gasteiger partial charge in [-0.05, 0) is 38.2 Å². The largest absolute Gasteiger partial charge is 0.481 e. The number of carboxylic acid groups (broad SMARTS) is 1. The second-order valence-electron chi connectivity index (χ2n) is 7.20. The number of carbonyl (C=O) groups excluding carboxylic acids is 1. The molecule has 1 aliphatic rings. The Kier molecular flexibility index (Phi) is 5.45. The van der Waals surface area contributed by atoms with Crippen molar-refractivity contribution in [2.45, 2.75) is 52.5 Å². The maximum absolute atomic E-state index is 12.8. The average Bonchev–Trinajstić information content (AvgIpc) is 2.89. The standard InChI is InChI=1S/C19H27NO3/c1-14-16(17(21)22)11-13-20(14)18(23)19(2,3)12-7-10-15-8-5-4-6-9-15/h4-6,8-9,14,16H,7,10-13H2,1-3H3,(H,21,22). The summed E-state index contributed by atoms with van der Waals surface area (Å²) in [5, 5.41) is 9.22. The van der Waals surface area contributed by atoms with Crippen molar-refractivity contribution >= 4 is 11.9 Å². The molecular formula is C19H27NO3. The first-order valence-corrected chi connectivity index (χ1v) is 8.41. The fraction of sp³-hybridized carbons (Fsp3) is 0.579. The fourth-order valence-electron chi connectivity index (χ4n) is 3.43. The van der Waals surface area contributed by atoms with Crippen molar-refractivity contribution in [2.24, 2.45) is 11.3 Å². The van der Waals surface area contributed by atoms with Gasteiger partial charge < -0.3 is 10.0 Å². The van der Waals surface area contributed by atoms with Crippen LogP contribution in [0.5, 0.6) is 0 Å². The highest BCUT2D eigenvalue weighted by Gasteiger charge is 2.42. The summed E-state index contributed by atoms with van der Waals surface area (Å²) in [6.07, 6.45) is 3.28. The van der Waals surface area contributed by atoms with E-state index < -0.39 is 17.3 Å². The molecule has 1 fully saturated rings. The Morgan fingerprint density at radius 3 is 2.48 bits per heavy atom. The molecular weight excluding hydrogens is 290 g/mol. The zero-order valence-electron chi connectivity index (χ0n) is 14.3. The Balaban J connectivity index is 1.91. The van der Waals surface area contributed by atoms with Crippen LogP contribution >= 0.6 is 0 Å². The maximum atomic E-state index is 12.8. The number of carboxylic acids is 1. The summed E-state index contributed by atoms with van der Waals surface area (Å²) in [5.41, 5.74) is 0.840. The van der Waals surface area contributed by atoms with E-state index in [1.54, 1.807) is 4.90 Å². The Labute approximate surface area is 138 Å². The van der Waals surface area contributed by atoms with E-state index >= 15 is 0 Å². The Hall–Kier alpha value is -1.84. The molecule has 4 heteroatoms. The SMILES string of the molecule is CC1C(C(=O)O)CCN1C(=O)C(C)(C)CCCc1ccccc1. The summed E-state index contributed by atoms with van der Waals surface area (Å²) in [7, 11) is 0. The third-order valence-corrected chi connectivity index (χ3v) is 5.02. The van der Waals surface area contributed by atoms with Crippen molar-refractivity contribution in [1.29, 1.82) is 0 Å². The van der Waals surface area contributed by atoms with E-state index in [9.17, 15) is 14.7 Å². The van der Waals surface area contributed by atoms with Gasteiger partial charge in [-0.25, -0.2) is 0 Å². The van der Waals surface area contributed by atoms with Gasteiger partial charge in [0.25, 0.3) is 0 Å². The number of likely N-dealkylation sites (tertiary alicyclic amines) is 1. The maximum Gasteiger partial charge on any atom is 0.308 e. The van der Waals surface area contributed by atoms with Crippen LogP contribution in [0.15, 0.2) is 30.3 Å². The lowest BCUT2D eigenvalue weighted by atomic mass is 9.84. The van der Waals surface area contributed by atoms with Crippen molar-refractivity contribution in [1.82, 2.24) is 4.90 Å². The molecule has 4 nitrogen and oxygen atoms in total. The molecule has 2 rings (SSSR count). The van der Waals surface area contributed by atoms with Crippen LogP contribution in [-0.4, -0.2) is 34.5 Å². The van der Waals surface area contributed by atoms with Gasteiger partial charge in [-0.15, -0.1) is 0 Å². The number of aryl methyl sites for hydroxylation is 1. The Bertz CT molecular complexity index is 553. The number of aliphatic carboxylic acids is 1. The van der Waals surface area contributed by atoms with Gasteiger partial charge in [0, 0.05) is 18.0 Å². The van der Waals surface area contributed by atoms with Crippen LogP contribution in [0.25, 0.3) is 0 Å². The number of nitrogens with zero attached hydrogens (tertiary/aromatic N) is 1. The minimum Gasteiger partial charge on any atom is -0.481 e. The molecule has 1 N–H and O–H groups in total. The predicted molar refractivity (Wildman–Crippen MR) is 90.1 cm³/mol. The molecule has 2 unspecified atom stereocenters. The molecule has 0 aliphatic carbocycles. The minimum absolute atomic E-state index is 0.0850. The van der Waals surface area contributed by atoms with Crippen molar-refractivity contribution in [3.8, 4) is 0 Å². The molecule has 1 amide bonds. The third kappa shape index (κ3) is 4.12. The molecule has 0 aromatic heterocycles. The number of benzene rings is 1. The van der Waals surface area contributed by atoms with Crippen LogP contribution in [0.4, 0.5) is 0 Å². The third-order valence-electron chi connectivity index (χ3n) is 5.02. The van der Waals surface area contributed by atoms with E-state index in [4.69, 9.17) is 0 Å². The first kappa shape index (κ1) is 17.5. The van der Waals surface area contributed by atoms with Gasteiger partial charge in [0.05, 0.1) is 5.92 Å². The normalized spacial score (nSPS) is 21.4. The Morgan fingerprint density at radius 2 is 1.91 bits per heavy atom. The first-order chi connectivity index (χ1) is 10.8. The number of hydrogen-bond acceptors (Lipinski definition) is 2. The van der Waals surface area contributed by atoms with E-state index in [0.29, 0.717) is 13.0 Å². The molecule has 1 aliphatic heterocycles. The van der Waals surface area contributed by atoms with E-state index in [1.807, 2.05) is 39.0 Å². The molecule has 1 heterocycles. The summed E-state index contributed by atoms with van der Waals surface area (Å²) >= 11 is 0. The van der Waals surface area contributed by atoms with Crippen molar-refractivity contribution in [2.75, 3.05) is 6.54 Å². The van der Waals surface area contributed by atoms with Crippen LogP contribution in [0, 0.1) is 11.3 Å². The molecule has 0 bridgehead atoms. The average molecular weight is 317 g/mol. The highest BCUT2D eigenvalue weighted by atomic mass is 16.4. The minimum atomic E-state index is -0.797. The zero-order chi connectivity index (χ0) is 17.0. The zero-order valence-corrected chi connectivity index (χ0v) is 14.3. The van der Waals surface area contributed by atoms with Gasteiger partial charge in [-0.3, -0.25) is 9.59 Å². The highest BCUT2D eigenvalue weighted by molar-refractivity contribution is 5.84. The lowest BCUT2D eigenvalue weighted by Gasteiger charge is -2.32. The molecule has 2 atom stereocenters. The molecule has 23 heavy (non-hydrogen) atoms. The molecule has 0 radical (unpaired) electrons. The van der Waals surface area contributed by atoms with Crippen LogP contribution in [-0.2, 0) is 16.0 Å². The molecule has 0 spiro atoms. The second kappa shape index (κ2) is 7.16. The summed E-state index contributed by atoms with van der Waals surface area (Å²) in [5.74, 6) is -1.14. The van der Waals surface area contributed by atoms with Gasteiger partial charge in [0.2, 0.25) is 5.91 Å². The molecule has 0 saturated carbocycles. The topological polar surface area (TPSA) is 57.6 Å². The van der Waals surface area contributed by atoms with Crippen LogP contribution in [0.3, 0.4) is 0 Å². The van der Waals surface area contributed by atoms with E-state index in [0.717, 1.165) is 19.3 Å². The lowest BCUT2D eigenvalue weighted by molar-refractivity contribution is -0.145. The van der Waals surface area contributed by atoms with Crippen molar-refractivity contribution < 1.29 is 14.7 Å². The van der Waals surface area contributed by atoms with Gasteiger partial charge in [-0.1, -0.05) is 44.2 Å². The van der Waals surface area contributed by atoms with Crippen molar-refractivity contribution in [3.63, 3.8) is 0 Å². The van der Waals surface area contributed by atoms with E-state index in [1.165, 1.54) is 5.56 Å². The Morgan fingerprint density at radius 1 is 1.26 bits per heavy atom. The van der Waals surface area contributed by atoms with E-state index in [2.05, 4.69) is 12.1 Å². The highest BCUT2D eigenvalue weighted by Crippen LogP contribution is 2.32.